The van der Waals surface area contributed by atoms with Gasteiger partial charge in [-0.25, -0.2) is 0 Å². The van der Waals surface area contributed by atoms with Crippen molar-refractivity contribution in [2.24, 2.45) is 0 Å². The minimum absolute atomic E-state index is 0.375. The van der Waals surface area contributed by atoms with E-state index in [1.807, 2.05) is 19.1 Å². The van der Waals surface area contributed by atoms with Crippen molar-refractivity contribution in [3.05, 3.63) is 29.8 Å². The van der Waals surface area contributed by atoms with E-state index in [0.29, 0.717) is 4.90 Å². The molecule has 5 heteroatoms. The van der Waals surface area contributed by atoms with Crippen LogP contribution in [0.15, 0.2) is 29.2 Å². The van der Waals surface area contributed by atoms with Crippen LogP contribution in [0.5, 0.6) is 0 Å². The first-order chi connectivity index (χ1) is 32.4. The molecule has 0 spiro atoms. The van der Waals surface area contributed by atoms with E-state index in [9.17, 15) is 8.42 Å². The van der Waals surface area contributed by atoms with Gasteiger partial charge in [0.15, 0.2) is 0 Å². The zero-order valence-electron chi connectivity index (χ0n) is 45.5. The van der Waals surface area contributed by atoms with Crippen LogP contribution in [0, 0.1) is 6.92 Å². The molecule has 0 aromatic heterocycles. The van der Waals surface area contributed by atoms with Crippen molar-refractivity contribution in [3.8, 4) is 0 Å². The average molecular weight is 1050 g/mol. The van der Waals surface area contributed by atoms with E-state index in [1.165, 1.54) is 289 Å². The molecule has 66 heavy (non-hydrogen) atoms. The predicted molar refractivity (Wildman–Crippen MR) is 298 cm³/mol. The Kier molecular flexibility index (Phi) is 47.0. The first-order valence-electron chi connectivity index (χ1n) is 30.4. The zero-order chi connectivity index (χ0) is 47.8. The fourth-order valence-electron chi connectivity index (χ4n) is 10.5. The van der Waals surface area contributed by atoms with Crippen molar-refractivity contribution < 1.29 is 10.9 Å². The van der Waals surface area contributed by atoms with E-state index in [0.717, 1.165) is 38.1 Å². The second-order valence-corrected chi connectivity index (χ2v) is 35.7. The van der Waals surface area contributed by atoms with Crippen LogP contribution in [0.1, 0.15) is 335 Å². The molecule has 0 N–H and O–H groups in total. The summed E-state index contributed by atoms with van der Waals surface area (Å²) in [5.74, 6) is 0. The summed E-state index contributed by atoms with van der Waals surface area (Å²) < 4.78 is 38.3. The molecule has 0 fully saturated rings. The number of hydrogen-bond donors (Lipinski definition) is 0. The number of unbranched alkanes of at least 4 members (excludes halogenated alkanes) is 45. The predicted octanol–water partition coefficient (Wildman–Crippen LogP) is 22.4. The van der Waals surface area contributed by atoms with E-state index < -0.39 is 28.9 Å². The van der Waals surface area contributed by atoms with Gasteiger partial charge < -0.3 is 0 Å². The maximum atomic E-state index is 14.1. The van der Waals surface area contributed by atoms with Gasteiger partial charge >= 0.3 is 307 Å². The monoisotopic (exact) mass is 1050 g/mol. The van der Waals surface area contributed by atoms with Crippen molar-refractivity contribution >= 4 is 28.9 Å². The summed E-state index contributed by atoms with van der Waals surface area (Å²) in [5.41, 5.74) is 1.10. The molecule has 0 heterocycles. The number of benzene rings is 1. The molecule has 0 amide bonds. The molecule has 0 aliphatic carbocycles. The van der Waals surface area contributed by atoms with Gasteiger partial charge in [0.25, 0.3) is 0 Å². The Hall–Kier alpha value is -0.0713. The van der Waals surface area contributed by atoms with Gasteiger partial charge in [-0.05, 0) is 0 Å². The molecule has 1 rings (SSSR count). The van der Waals surface area contributed by atoms with Crippen LogP contribution in [-0.4, -0.2) is 27.2 Å². The van der Waals surface area contributed by atoms with E-state index in [1.54, 1.807) is 12.1 Å². The number of rotatable bonds is 54. The molecular formula is C61H118O3SSn. The molecule has 0 bridgehead atoms. The van der Waals surface area contributed by atoms with Gasteiger partial charge in [-0.2, -0.15) is 0 Å². The van der Waals surface area contributed by atoms with Crippen LogP contribution in [0.3, 0.4) is 0 Å². The van der Waals surface area contributed by atoms with E-state index >= 15 is 0 Å². The van der Waals surface area contributed by atoms with Crippen LogP contribution in [0.2, 0.25) is 13.3 Å². The molecule has 3 nitrogen and oxygen atoms in total. The fraction of sp³-hybridized carbons (Fsp3) is 0.902. The van der Waals surface area contributed by atoms with E-state index in [-0.39, 0.29) is 0 Å². The summed E-state index contributed by atoms with van der Waals surface area (Å²) in [6, 6.07) is 7.46. The average Bonchev–Trinajstić information content (AvgIpc) is 3.31. The first-order valence-corrected chi connectivity index (χ1v) is 39.0. The normalized spacial score (nSPS) is 12.2. The van der Waals surface area contributed by atoms with Crippen LogP contribution in [0.4, 0.5) is 0 Å². The van der Waals surface area contributed by atoms with Gasteiger partial charge in [0.1, 0.15) is 0 Å². The van der Waals surface area contributed by atoms with Crippen molar-refractivity contribution in [3.63, 3.8) is 0 Å². The summed E-state index contributed by atoms with van der Waals surface area (Å²) in [4.78, 5) is 0.375. The summed E-state index contributed by atoms with van der Waals surface area (Å²) >= 11 is -3.53. The van der Waals surface area contributed by atoms with Crippen LogP contribution >= 0.6 is 0 Å². The Bertz CT molecular complexity index is 1130. The van der Waals surface area contributed by atoms with Crippen LogP contribution in [-0.2, 0) is 12.6 Å². The van der Waals surface area contributed by atoms with Gasteiger partial charge in [-0.15, -0.1) is 0 Å². The van der Waals surface area contributed by atoms with Gasteiger partial charge in [-0.1, -0.05) is 117 Å². The zero-order valence-corrected chi connectivity index (χ0v) is 49.2. The Balaban J connectivity index is 2.65. The molecule has 390 valence electrons. The van der Waals surface area contributed by atoms with Gasteiger partial charge in [-0.3, -0.25) is 0 Å². The van der Waals surface area contributed by atoms with Gasteiger partial charge in [0, 0.05) is 0 Å². The Morgan fingerprint density at radius 2 is 0.485 bits per heavy atom. The number of hydrogen-bond acceptors (Lipinski definition) is 3. The maximum absolute atomic E-state index is 14.1. The fourth-order valence-corrected chi connectivity index (χ4v) is 28.5. The van der Waals surface area contributed by atoms with E-state index in [2.05, 4.69) is 20.8 Å². The molecule has 1 aromatic rings. The summed E-state index contributed by atoms with van der Waals surface area (Å²) in [6.45, 7) is 8.94. The van der Waals surface area contributed by atoms with Crippen molar-refractivity contribution in [2.45, 2.75) is 354 Å². The van der Waals surface area contributed by atoms with Gasteiger partial charge in [0.05, 0.1) is 0 Å². The molecule has 0 saturated heterocycles. The molecule has 0 unspecified atom stereocenters. The Labute approximate surface area is 421 Å². The summed E-state index contributed by atoms with van der Waals surface area (Å²) in [7, 11) is -3.76. The Morgan fingerprint density at radius 3 is 0.682 bits per heavy atom. The molecule has 0 aliphatic heterocycles. The second kappa shape index (κ2) is 48.6. The van der Waals surface area contributed by atoms with Crippen LogP contribution < -0.4 is 0 Å². The third kappa shape index (κ3) is 40.6. The van der Waals surface area contributed by atoms with Crippen molar-refractivity contribution in [2.75, 3.05) is 0 Å². The molecular weight excluding hydrogens is 931 g/mol. The SMILES string of the molecule is CCCCCCCCCCCCCCCCC[CH2][Sn]([CH2]CCCCCCCCCCCCCCCCC)([CH2]CCCCCCCCCCCCCCCCC)[O]S(=O)(=O)c1ccc(C)cc1. The minimum atomic E-state index is -3.76. The first kappa shape index (κ1) is 63.9. The molecule has 1 aromatic carbocycles. The topological polar surface area (TPSA) is 43.4 Å². The molecule has 0 aliphatic rings. The molecule has 0 saturated carbocycles. The summed E-state index contributed by atoms with van der Waals surface area (Å²) in [6.07, 6.45) is 65.8. The second-order valence-electron chi connectivity index (χ2n) is 21.7. The van der Waals surface area contributed by atoms with Crippen molar-refractivity contribution in [1.29, 1.82) is 0 Å². The Morgan fingerprint density at radius 1 is 0.303 bits per heavy atom. The standard InChI is InChI=1S/3C18H37.C7H8O3S.Sn/c3*1-3-5-7-9-11-13-15-17-18-16-14-12-10-8-6-4-2;1-6-2-4-7(5-3-6)11(8,9)10;/h3*1,3-18H2,2H3;2-5H,1H3,(H,8,9,10);/q;;;;+1/p-1. The summed E-state index contributed by atoms with van der Waals surface area (Å²) in [5, 5.41) is 0. The van der Waals surface area contributed by atoms with Crippen molar-refractivity contribution in [1.82, 2.24) is 0 Å². The third-order valence-corrected chi connectivity index (χ3v) is 32.2. The third-order valence-electron chi connectivity index (χ3n) is 15.1. The quantitative estimate of drug-likeness (QED) is 0.0482. The van der Waals surface area contributed by atoms with Crippen LogP contribution in [0.25, 0.3) is 0 Å². The number of aryl methyl sites for hydroxylation is 1. The molecule has 0 radical (unpaired) electrons. The molecule has 0 atom stereocenters. The van der Waals surface area contributed by atoms with E-state index in [4.69, 9.17) is 2.52 Å². The van der Waals surface area contributed by atoms with Gasteiger partial charge in [0.2, 0.25) is 0 Å².